The lowest BCUT2D eigenvalue weighted by Crippen LogP contribution is -2.40. The second-order valence-electron chi connectivity index (χ2n) is 6.66. The second kappa shape index (κ2) is 8.00. The Morgan fingerprint density at radius 2 is 1.93 bits per heavy atom. The van der Waals surface area contributed by atoms with Crippen molar-refractivity contribution in [3.8, 4) is 0 Å². The molecule has 3 heterocycles. The number of benzene rings is 1. The lowest BCUT2D eigenvalue weighted by molar-refractivity contribution is -0.125. The van der Waals surface area contributed by atoms with E-state index in [1.165, 1.54) is 0 Å². The summed E-state index contributed by atoms with van der Waals surface area (Å²) in [7, 11) is 0. The molecule has 0 spiro atoms. The molecule has 1 aromatic carbocycles. The van der Waals surface area contributed by atoms with Crippen LogP contribution < -0.4 is 10.2 Å². The minimum atomic E-state index is 0.0527. The lowest BCUT2D eigenvalue weighted by Gasteiger charge is -2.32. The first-order chi connectivity index (χ1) is 13.2. The summed E-state index contributed by atoms with van der Waals surface area (Å²) >= 11 is 3.52. The molecular weight excluding hydrogens is 406 g/mol. The quantitative estimate of drug-likeness (QED) is 0.693. The Bertz CT molecular complexity index is 956. The molecule has 1 fully saturated rings. The number of nitrogens with one attached hydrogen (secondary N) is 1. The zero-order chi connectivity index (χ0) is 18.6. The molecule has 1 aliphatic rings. The molecule has 4 rings (SSSR count). The zero-order valence-electron chi connectivity index (χ0n) is 14.8. The van der Waals surface area contributed by atoms with Gasteiger partial charge in [-0.1, -0.05) is 34.1 Å². The van der Waals surface area contributed by atoms with E-state index < -0.39 is 0 Å². The molecule has 1 aliphatic heterocycles. The normalized spacial score (nSPS) is 15.1. The number of pyridine rings is 1. The smallest absolute Gasteiger partial charge is 0.223 e. The van der Waals surface area contributed by atoms with Crippen molar-refractivity contribution in [2.24, 2.45) is 5.92 Å². The number of fused-ring (bicyclic) bond motifs is 1. The topological polar surface area (TPSA) is 71.0 Å². The number of rotatable bonds is 4. The summed E-state index contributed by atoms with van der Waals surface area (Å²) in [5.74, 6) is 0.185. The Labute approximate surface area is 166 Å². The van der Waals surface area contributed by atoms with Crippen LogP contribution in [0, 0.1) is 5.92 Å². The van der Waals surface area contributed by atoms with Gasteiger partial charge in [0.1, 0.15) is 5.52 Å². The average Bonchev–Trinajstić information content (AvgIpc) is 2.73. The first kappa shape index (κ1) is 17.9. The molecule has 1 amide bonds. The number of carbonyl (C=O) groups excluding carboxylic acids is 1. The number of piperidine rings is 1. The van der Waals surface area contributed by atoms with Crippen LogP contribution in [0.5, 0.6) is 0 Å². The minimum Gasteiger partial charge on any atom is -0.370 e. The highest BCUT2D eigenvalue weighted by molar-refractivity contribution is 9.10. The largest absolute Gasteiger partial charge is 0.370 e. The third-order valence-electron chi connectivity index (χ3n) is 4.95. The Balaban J connectivity index is 1.34. The van der Waals surface area contributed by atoms with Gasteiger partial charge in [-0.05, 0) is 30.5 Å². The molecule has 1 saturated heterocycles. The van der Waals surface area contributed by atoms with Crippen LogP contribution in [0.15, 0.2) is 53.4 Å². The summed E-state index contributed by atoms with van der Waals surface area (Å²) in [4.78, 5) is 27.7. The monoisotopic (exact) mass is 425 g/mol. The molecule has 1 N–H and O–H groups in total. The van der Waals surface area contributed by atoms with Gasteiger partial charge in [-0.15, -0.1) is 0 Å². The van der Waals surface area contributed by atoms with Crippen molar-refractivity contribution >= 4 is 38.7 Å². The first-order valence-corrected chi connectivity index (χ1v) is 9.83. The fraction of sp³-hybridized carbons (Fsp3) is 0.300. The highest BCUT2D eigenvalue weighted by Gasteiger charge is 2.25. The number of hydrogen-bond donors (Lipinski definition) is 1. The second-order valence-corrected chi connectivity index (χ2v) is 7.52. The summed E-state index contributed by atoms with van der Waals surface area (Å²) in [6.07, 6.45) is 6.83. The van der Waals surface area contributed by atoms with Crippen LogP contribution in [0.3, 0.4) is 0 Å². The Kier molecular flexibility index (Phi) is 5.29. The van der Waals surface area contributed by atoms with E-state index in [0.717, 1.165) is 47.2 Å². The van der Waals surface area contributed by atoms with Crippen LogP contribution in [-0.4, -0.2) is 33.9 Å². The van der Waals surface area contributed by atoms with E-state index in [4.69, 9.17) is 0 Å². The minimum absolute atomic E-state index is 0.0527. The maximum Gasteiger partial charge on any atom is 0.223 e. The molecule has 7 heteroatoms. The van der Waals surface area contributed by atoms with Gasteiger partial charge in [-0.3, -0.25) is 9.78 Å². The highest BCUT2D eigenvalue weighted by atomic mass is 79.9. The number of anilines is 1. The summed E-state index contributed by atoms with van der Waals surface area (Å²) < 4.78 is 1.02. The fourth-order valence-corrected chi connectivity index (χ4v) is 3.81. The number of amides is 1. The molecule has 0 unspecified atom stereocenters. The van der Waals surface area contributed by atoms with E-state index in [1.807, 2.05) is 36.5 Å². The third kappa shape index (κ3) is 4.08. The summed E-state index contributed by atoms with van der Waals surface area (Å²) in [6, 6.07) is 9.97. The summed E-state index contributed by atoms with van der Waals surface area (Å²) in [5, 5.41) is 3.07. The molecule has 3 aromatic rings. The average molecular weight is 426 g/mol. The molecule has 27 heavy (non-hydrogen) atoms. The van der Waals surface area contributed by atoms with Crippen LogP contribution in [-0.2, 0) is 11.3 Å². The van der Waals surface area contributed by atoms with Gasteiger partial charge in [0.15, 0.2) is 5.65 Å². The molecule has 0 aliphatic carbocycles. The first-order valence-electron chi connectivity index (χ1n) is 9.03. The maximum absolute atomic E-state index is 12.5. The predicted molar refractivity (Wildman–Crippen MR) is 108 cm³/mol. The Morgan fingerprint density at radius 1 is 1.15 bits per heavy atom. The van der Waals surface area contributed by atoms with Gasteiger partial charge in [0.05, 0.1) is 11.9 Å². The SMILES string of the molecule is O=C(NCc1ccccc1Br)C1CCN(c2cnc3nccnc3c2)CC1. The summed E-state index contributed by atoms with van der Waals surface area (Å²) in [6.45, 7) is 2.22. The van der Waals surface area contributed by atoms with Crippen LogP contribution >= 0.6 is 15.9 Å². The van der Waals surface area contributed by atoms with Crippen molar-refractivity contribution in [2.45, 2.75) is 19.4 Å². The Morgan fingerprint density at radius 3 is 2.74 bits per heavy atom. The number of aromatic nitrogens is 3. The van der Waals surface area contributed by atoms with Crippen molar-refractivity contribution in [3.05, 3.63) is 59.0 Å². The van der Waals surface area contributed by atoms with Gasteiger partial charge in [-0.2, -0.15) is 0 Å². The van der Waals surface area contributed by atoms with E-state index in [0.29, 0.717) is 12.2 Å². The van der Waals surface area contributed by atoms with Gasteiger partial charge in [0.25, 0.3) is 0 Å². The number of hydrogen-bond acceptors (Lipinski definition) is 5. The van der Waals surface area contributed by atoms with Crippen molar-refractivity contribution in [1.29, 1.82) is 0 Å². The van der Waals surface area contributed by atoms with Crippen LogP contribution in [0.4, 0.5) is 5.69 Å². The van der Waals surface area contributed by atoms with Gasteiger partial charge in [0, 0.05) is 42.4 Å². The molecule has 0 atom stereocenters. The summed E-state index contributed by atoms with van der Waals surface area (Å²) in [5.41, 5.74) is 3.58. The Hall–Kier alpha value is -2.54. The van der Waals surface area contributed by atoms with E-state index in [2.05, 4.69) is 41.1 Å². The zero-order valence-corrected chi connectivity index (χ0v) is 16.4. The number of nitrogens with zero attached hydrogens (tertiary/aromatic N) is 4. The van der Waals surface area contributed by atoms with Gasteiger partial charge in [-0.25, -0.2) is 9.97 Å². The third-order valence-corrected chi connectivity index (χ3v) is 5.73. The maximum atomic E-state index is 12.5. The van der Waals surface area contributed by atoms with E-state index in [1.54, 1.807) is 12.4 Å². The van der Waals surface area contributed by atoms with E-state index in [-0.39, 0.29) is 11.8 Å². The molecular formula is C20H20BrN5O. The van der Waals surface area contributed by atoms with Crippen LogP contribution in [0.2, 0.25) is 0 Å². The number of halogens is 1. The van der Waals surface area contributed by atoms with Crippen molar-refractivity contribution in [3.63, 3.8) is 0 Å². The van der Waals surface area contributed by atoms with Gasteiger partial charge >= 0.3 is 0 Å². The lowest BCUT2D eigenvalue weighted by atomic mass is 9.95. The molecule has 138 valence electrons. The van der Waals surface area contributed by atoms with Gasteiger partial charge < -0.3 is 10.2 Å². The fourth-order valence-electron chi connectivity index (χ4n) is 3.39. The van der Waals surface area contributed by atoms with Crippen LogP contribution in [0.25, 0.3) is 11.2 Å². The predicted octanol–water partition coefficient (Wildman–Crippen LogP) is 3.32. The molecule has 6 nitrogen and oxygen atoms in total. The van der Waals surface area contributed by atoms with Gasteiger partial charge in [0.2, 0.25) is 5.91 Å². The highest BCUT2D eigenvalue weighted by Crippen LogP contribution is 2.24. The van der Waals surface area contributed by atoms with Crippen molar-refractivity contribution in [1.82, 2.24) is 20.3 Å². The molecule has 0 saturated carbocycles. The molecule has 0 bridgehead atoms. The molecule has 2 aromatic heterocycles. The van der Waals surface area contributed by atoms with E-state index >= 15 is 0 Å². The van der Waals surface area contributed by atoms with Crippen molar-refractivity contribution < 1.29 is 4.79 Å². The molecule has 0 radical (unpaired) electrons. The van der Waals surface area contributed by atoms with Crippen LogP contribution in [0.1, 0.15) is 18.4 Å². The van der Waals surface area contributed by atoms with E-state index in [9.17, 15) is 4.79 Å². The standard InChI is InChI=1S/C20H20BrN5O/c21-17-4-2-1-3-15(17)12-25-20(27)14-5-9-26(10-6-14)16-11-18-19(24-13-16)23-8-7-22-18/h1-4,7-8,11,13-14H,5-6,9-10,12H2,(H,25,27). The van der Waals surface area contributed by atoms with Crippen molar-refractivity contribution in [2.75, 3.05) is 18.0 Å². The number of carbonyl (C=O) groups is 1.